The maximum Gasteiger partial charge on any atom is 0.223 e. The van der Waals surface area contributed by atoms with E-state index >= 15 is 0 Å². The first-order valence-corrected chi connectivity index (χ1v) is 7.82. The molecule has 1 aliphatic heterocycles. The van der Waals surface area contributed by atoms with E-state index in [9.17, 15) is 4.79 Å². The molecule has 0 spiro atoms. The van der Waals surface area contributed by atoms with Crippen molar-refractivity contribution in [3.63, 3.8) is 0 Å². The van der Waals surface area contributed by atoms with Gasteiger partial charge >= 0.3 is 0 Å². The minimum atomic E-state index is -0.375. The van der Waals surface area contributed by atoms with E-state index in [4.69, 9.17) is 28.9 Å². The van der Waals surface area contributed by atoms with Gasteiger partial charge in [0.05, 0.1) is 18.3 Å². The van der Waals surface area contributed by atoms with Gasteiger partial charge in [-0.2, -0.15) is 4.98 Å². The predicted octanol–water partition coefficient (Wildman–Crippen LogP) is 2.51. The highest BCUT2D eigenvalue weighted by Crippen LogP contribution is 2.36. The number of aldehydes is 1. The Morgan fingerprint density at radius 1 is 1.39 bits per heavy atom. The Morgan fingerprint density at radius 3 is 2.83 bits per heavy atom. The first-order valence-electron chi connectivity index (χ1n) is 7.06. The Hall–Kier alpha value is -1.92. The Kier molecular flexibility index (Phi) is 4.12. The molecule has 2 aromatic rings. The summed E-state index contributed by atoms with van der Waals surface area (Å²) in [7, 11) is 0. The number of aromatic nitrogens is 3. The van der Waals surface area contributed by atoms with Crippen LogP contribution in [0.5, 0.6) is 0 Å². The third-order valence-electron chi connectivity index (χ3n) is 4.04. The molecule has 8 heteroatoms. The number of carbonyl (C=O) groups is 1. The zero-order chi connectivity index (χ0) is 16.7. The molecule has 0 saturated heterocycles. The normalized spacial score (nSPS) is 16.5. The van der Waals surface area contributed by atoms with Gasteiger partial charge in [0.15, 0.2) is 0 Å². The summed E-state index contributed by atoms with van der Waals surface area (Å²) < 4.78 is 0. The molecule has 0 saturated carbocycles. The third-order valence-corrected chi connectivity index (χ3v) is 4.93. The molecule has 1 unspecified atom stereocenters. The van der Waals surface area contributed by atoms with E-state index in [2.05, 4.69) is 15.0 Å². The lowest BCUT2D eigenvalue weighted by Crippen LogP contribution is -2.33. The fourth-order valence-corrected chi connectivity index (χ4v) is 3.14. The summed E-state index contributed by atoms with van der Waals surface area (Å²) in [5.41, 5.74) is 9.01. The molecule has 0 aromatic carbocycles. The van der Waals surface area contributed by atoms with Crippen LogP contribution in [0, 0.1) is 13.8 Å². The lowest BCUT2D eigenvalue weighted by Gasteiger charge is -2.23. The van der Waals surface area contributed by atoms with E-state index in [1.54, 1.807) is 6.20 Å². The number of aryl methyl sites for hydroxylation is 1. The van der Waals surface area contributed by atoms with Crippen molar-refractivity contribution in [1.29, 1.82) is 0 Å². The fraction of sp³-hybridized carbons (Fsp3) is 0.333. The van der Waals surface area contributed by atoms with Crippen LogP contribution in [-0.4, -0.2) is 27.3 Å². The van der Waals surface area contributed by atoms with Crippen LogP contribution >= 0.6 is 23.2 Å². The van der Waals surface area contributed by atoms with Gasteiger partial charge in [-0.25, -0.2) is 4.98 Å². The van der Waals surface area contributed by atoms with E-state index in [0.29, 0.717) is 23.8 Å². The van der Waals surface area contributed by atoms with Crippen LogP contribution in [0.15, 0.2) is 6.20 Å². The average Bonchev–Trinajstić information content (AvgIpc) is 2.86. The molecule has 1 atom stereocenters. The molecule has 1 aliphatic rings. The Labute approximate surface area is 143 Å². The summed E-state index contributed by atoms with van der Waals surface area (Å²) in [4.78, 5) is 25.9. The van der Waals surface area contributed by atoms with Crippen molar-refractivity contribution in [3.8, 4) is 0 Å². The molecule has 2 aromatic heterocycles. The van der Waals surface area contributed by atoms with Crippen molar-refractivity contribution in [2.24, 2.45) is 0 Å². The molecule has 0 aliphatic carbocycles. The van der Waals surface area contributed by atoms with Gasteiger partial charge in [-0.15, -0.1) is 0 Å². The lowest BCUT2D eigenvalue weighted by atomic mass is 10.1. The molecular weight excluding hydrogens is 337 g/mol. The molecule has 0 radical (unpaired) electrons. The van der Waals surface area contributed by atoms with Crippen LogP contribution in [0.4, 0.5) is 11.8 Å². The van der Waals surface area contributed by atoms with Gasteiger partial charge in [-0.1, -0.05) is 23.2 Å². The van der Waals surface area contributed by atoms with Gasteiger partial charge in [0.25, 0.3) is 0 Å². The van der Waals surface area contributed by atoms with Gasteiger partial charge in [0.2, 0.25) is 5.95 Å². The number of pyridine rings is 1. The van der Waals surface area contributed by atoms with E-state index in [1.807, 2.05) is 18.7 Å². The number of nitrogens with zero attached hydrogens (tertiary/aromatic N) is 4. The number of hydrogen-bond acceptors (Lipinski definition) is 6. The standard InChI is InChI=1S/C15H15Cl2N5O/c1-7-4-19-11(8(2)12(7)16)5-22-9(6-23)3-10-13(17)20-15(18)21-14(10)22/h4,6,9H,3,5H2,1-2H3,(H2,18,20,21). The molecule has 120 valence electrons. The summed E-state index contributed by atoms with van der Waals surface area (Å²) in [5.74, 6) is 0.661. The second kappa shape index (κ2) is 5.94. The maximum atomic E-state index is 11.5. The van der Waals surface area contributed by atoms with Crippen LogP contribution in [0.2, 0.25) is 10.2 Å². The Balaban J connectivity index is 2.03. The summed E-state index contributed by atoms with van der Waals surface area (Å²) in [6, 6.07) is -0.375. The van der Waals surface area contributed by atoms with Crippen molar-refractivity contribution < 1.29 is 4.79 Å². The Bertz CT molecular complexity index is 796. The van der Waals surface area contributed by atoms with E-state index in [1.165, 1.54) is 0 Å². The topological polar surface area (TPSA) is 85.0 Å². The zero-order valence-electron chi connectivity index (χ0n) is 12.7. The molecular formula is C15H15Cl2N5O. The number of nitrogen functional groups attached to an aromatic ring is 1. The number of halogens is 2. The largest absolute Gasteiger partial charge is 0.368 e. The highest BCUT2D eigenvalue weighted by Gasteiger charge is 2.33. The molecule has 0 bridgehead atoms. The summed E-state index contributed by atoms with van der Waals surface area (Å²) in [6.07, 6.45) is 3.05. The number of fused-ring (bicyclic) bond motifs is 1. The second-order valence-electron chi connectivity index (χ2n) is 5.54. The van der Waals surface area contributed by atoms with Crippen molar-refractivity contribution in [2.45, 2.75) is 32.9 Å². The molecule has 0 amide bonds. The Morgan fingerprint density at radius 2 is 2.13 bits per heavy atom. The highest BCUT2D eigenvalue weighted by atomic mass is 35.5. The predicted molar refractivity (Wildman–Crippen MR) is 89.9 cm³/mol. The van der Waals surface area contributed by atoms with Gasteiger partial charge in [0.1, 0.15) is 17.3 Å². The summed E-state index contributed by atoms with van der Waals surface area (Å²) in [5, 5.41) is 0.964. The number of hydrogen-bond donors (Lipinski definition) is 1. The monoisotopic (exact) mass is 351 g/mol. The molecule has 23 heavy (non-hydrogen) atoms. The second-order valence-corrected chi connectivity index (χ2v) is 6.27. The summed E-state index contributed by atoms with van der Waals surface area (Å²) >= 11 is 12.4. The van der Waals surface area contributed by atoms with Crippen LogP contribution < -0.4 is 10.6 Å². The quantitative estimate of drug-likeness (QED) is 0.675. The number of anilines is 2. The third kappa shape index (κ3) is 2.72. The molecule has 3 rings (SSSR count). The number of carbonyl (C=O) groups excluding carboxylic acids is 1. The van der Waals surface area contributed by atoms with Gasteiger partial charge < -0.3 is 15.4 Å². The number of rotatable bonds is 3. The highest BCUT2D eigenvalue weighted by molar-refractivity contribution is 6.32. The molecule has 3 heterocycles. The van der Waals surface area contributed by atoms with Crippen molar-refractivity contribution >= 4 is 41.3 Å². The van der Waals surface area contributed by atoms with Crippen LogP contribution in [0.1, 0.15) is 22.4 Å². The minimum Gasteiger partial charge on any atom is -0.368 e. The SMILES string of the molecule is Cc1cnc(CN2c3nc(N)nc(Cl)c3CC2C=O)c(C)c1Cl. The zero-order valence-corrected chi connectivity index (χ0v) is 14.2. The van der Waals surface area contributed by atoms with Gasteiger partial charge in [-0.3, -0.25) is 4.98 Å². The summed E-state index contributed by atoms with van der Waals surface area (Å²) in [6.45, 7) is 4.21. The van der Waals surface area contributed by atoms with Crippen LogP contribution in [-0.2, 0) is 17.8 Å². The van der Waals surface area contributed by atoms with Crippen molar-refractivity contribution in [3.05, 3.63) is 38.8 Å². The maximum absolute atomic E-state index is 11.5. The van der Waals surface area contributed by atoms with Crippen LogP contribution in [0.25, 0.3) is 0 Å². The van der Waals surface area contributed by atoms with E-state index in [0.717, 1.165) is 28.7 Å². The molecule has 2 N–H and O–H groups in total. The van der Waals surface area contributed by atoms with Gasteiger partial charge in [-0.05, 0) is 25.0 Å². The first kappa shape index (κ1) is 16.0. The average molecular weight is 352 g/mol. The van der Waals surface area contributed by atoms with E-state index < -0.39 is 0 Å². The van der Waals surface area contributed by atoms with Crippen molar-refractivity contribution in [1.82, 2.24) is 15.0 Å². The van der Waals surface area contributed by atoms with Gasteiger partial charge in [0, 0.05) is 23.2 Å². The molecule has 0 fully saturated rings. The van der Waals surface area contributed by atoms with Crippen molar-refractivity contribution in [2.75, 3.05) is 10.6 Å². The van der Waals surface area contributed by atoms with Crippen LogP contribution in [0.3, 0.4) is 0 Å². The number of nitrogens with two attached hydrogens (primary N) is 1. The first-order chi connectivity index (χ1) is 10.9. The lowest BCUT2D eigenvalue weighted by molar-refractivity contribution is -0.108. The van der Waals surface area contributed by atoms with E-state index in [-0.39, 0.29) is 17.1 Å². The minimum absolute atomic E-state index is 0.0805. The smallest absolute Gasteiger partial charge is 0.223 e. The fourth-order valence-electron chi connectivity index (χ4n) is 2.74. The molecule has 6 nitrogen and oxygen atoms in total.